The Morgan fingerprint density at radius 2 is 1.62 bits per heavy atom. The molecule has 0 unspecified atom stereocenters. The number of rotatable bonds is 4. The molecule has 5 nitrogen and oxygen atoms in total. The molecule has 0 atom stereocenters. The molecule has 1 heterocycles. The largest absolute Gasteiger partial charge is 0.457 e. The summed E-state index contributed by atoms with van der Waals surface area (Å²) < 4.78 is 7.20. The van der Waals surface area contributed by atoms with Gasteiger partial charge in [-0.1, -0.05) is 18.2 Å². The Bertz CT molecular complexity index is 749. The monoisotopic (exact) mass is 279 g/mol. The highest BCUT2D eigenvalue weighted by molar-refractivity contribution is 5.91. The Morgan fingerprint density at radius 3 is 2.29 bits per heavy atom. The molecule has 3 aromatic rings. The number of para-hydroxylation sites is 1. The molecule has 0 fully saturated rings. The Morgan fingerprint density at radius 1 is 0.952 bits per heavy atom. The predicted octanol–water partition coefficient (Wildman–Crippen LogP) is 2.76. The van der Waals surface area contributed by atoms with Crippen LogP contribution in [0.25, 0.3) is 5.69 Å². The van der Waals surface area contributed by atoms with E-state index in [1.165, 1.54) is 10.9 Å². The lowest BCUT2D eigenvalue weighted by atomic mass is 10.3. The van der Waals surface area contributed by atoms with E-state index in [2.05, 4.69) is 5.10 Å². The van der Waals surface area contributed by atoms with Crippen molar-refractivity contribution in [2.24, 2.45) is 5.73 Å². The molecule has 0 radical (unpaired) electrons. The fraction of sp³-hybridized carbons (Fsp3) is 0. The first-order valence-corrected chi connectivity index (χ1v) is 6.41. The molecule has 0 saturated carbocycles. The zero-order valence-electron chi connectivity index (χ0n) is 11.1. The van der Waals surface area contributed by atoms with E-state index in [-0.39, 0.29) is 0 Å². The second-order valence-electron chi connectivity index (χ2n) is 4.40. The average molecular weight is 279 g/mol. The van der Waals surface area contributed by atoms with Gasteiger partial charge >= 0.3 is 0 Å². The summed E-state index contributed by atoms with van der Waals surface area (Å²) in [5, 5.41) is 4.10. The molecule has 3 rings (SSSR count). The van der Waals surface area contributed by atoms with Gasteiger partial charge in [0.2, 0.25) is 0 Å². The second kappa shape index (κ2) is 5.50. The van der Waals surface area contributed by atoms with Crippen LogP contribution in [0.5, 0.6) is 11.5 Å². The van der Waals surface area contributed by atoms with Crippen molar-refractivity contribution in [1.29, 1.82) is 0 Å². The van der Waals surface area contributed by atoms with Crippen LogP contribution in [-0.2, 0) is 0 Å². The highest BCUT2D eigenvalue weighted by Gasteiger charge is 2.09. The lowest BCUT2D eigenvalue weighted by Gasteiger charge is -2.08. The van der Waals surface area contributed by atoms with Crippen molar-refractivity contribution in [3.05, 3.63) is 72.6 Å². The summed E-state index contributed by atoms with van der Waals surface area (Å²) in [5.74, 6) is 0.956. The van der Waals surface area contributed by atoms with Crippen LogP contribution < -0.4 is 10.5 Å². The van der Waals surface area contributed by atoms with Gasteiger partial charge in [0, 0.05) is 0 Å². The van der Waals surface area contributed by atoms with Gasteiger partial charge < -0.3 is 10.5 Å². The molecule has 1 aromatic heterocycles. The van der Waals surface area contributed by atoms with E-state index in [0.717, 1.165) is 11.4 Å². The van der Waals surface area contributed by atoms with E-state index in [1.54, 1.807) is 6.07 Å². The van der Waals surface area contributed by atoms with Gasteiger partial charge in [-0.2, -0.15) is 5.10 Å². The van der Waals surface area contributed by atoms with Gasteiger partial charge in [-0.15, -0.1) is 0 Å². The second-order valence-corrected chi connectivity index (χ2v) is 4.40. The van der Waals surface area contributed by atoms with Crippen LogP contribution in [0.1, 0.15) is 10.5 Å². The third-order valence-corrected chi connectivity index (χ3v) is 2.96. The molecule has 5 heteroatoms. The quantitative estimate of drug-likeness (QED) is 0.798. The number of nitrogens with two attached hydrogens (primary N) is 1. The molecule has 1 amide bonds. The number of nitrogens with zero attached hydrogens (tertiary/aromatic N) is 2. The summed E-state index contributed by atoms with van der Waals surface area (Å²) in [6.45, 7) is 0. The fourth-order valence-electron chi connectivity index (χ4n) is 1.98. The highest BCUT2D eigenvalue weighted by Crippen LogP contribution is 2.22. The number of carbonyl (C=O) groups is 1. The lowest BCUT2D eigenvalue weighted by molar-refractivity contribution is 0.0993. The number of primary amides is 1. The van der Waals surface area contributed by atoms with Gasteiger partial charge in [-0.3, -0.25) is 4.79 Å². The van der Waals surface area contributed by atoms with E-state index >= 15 is 0 Å². The van der Waals surface area contributed by atoms with Crippen LogP contribution in [0.3, 0.4) is 0 Å². The number of benzene rings is 2. The molecule has 0 saturated heterocycles. The summed E-state index contributed by atoms with van der Waals surface area (Å²) >= 11 is 0. The molecular formula is C16H13N3O2. The van der Waals surface area contributed by atoms with Crippen LogP contribution in [0, 0.1) is 0 Å². The minimum Gasteiger partial charge on any atom is -0.457 e. The van der Waals surface area contributed by atoms with Crippen molar-refractivity contribution in [3.8, 4) is 17.2 Å². The van der Waals surface area contributed by atoms with E-state index in [0.29, 0.717) is 11.4 Å². The molecular weight excluding hydrogens is 266 g/mol. The smallest absolute Gasteiger partial charge is 0.267 e. The van der Waals surface area contributed by atoms with Gasteiger partial charge in [0.1, 0.15) is 17.2 Å². The Hall–Kier alpha value is -3.08. The van der Waals surface area contributed by atoms with E-state index < -0.39 is 5.91 Å². The number of aromatic nitrogens is 2. The zero-order chi connectivity index (χ0) is 14.7. The van der Waals surface area contributed by atoms with E-state index in [9.17, 15) is 4.79 Å². The maximum absolute atomic E-state index is 11.3. The average Bonchev–Trinajstić information content (AvgIpc) is 2.99. The van der Waals surface area contributed by atoms with Gasteiger partial charge in [0.05, 0.1) is 11.9 Å². The summed E-state index contributed by atoms with van der Waals surface area (Å²) in [4.78, 5) is 11.3. The number of amides is 1. The zero-order valence-corrected chi connectivity index (χ0v) is 11.1. The maximum atomic E-state index is 11.3. The normalized spacial score (nSPS) is 10.3. The summed E-state index contributed by atoms with van der Waals surface area (Å²) in [5.41, 5.74) is 6.39. The van der Waals surface area contributed by atoms with E-state index in [4.69, 9.17) is 10.5 Å². The Labute approximate surface area is 121 Å². The van der Waals surface area contributed by atoms with Crippen LogP contribution >= 0.6 is 0 Å². The molecule has 2 N–H and O–H groups in total. The Kier molecular flexibility index (Phi) is 3.39. The number of carbonyl (C=O) groups excluding carboxylic acids is 1. The summed E-state index contributed by atoms with van der Waals surface area (Å²) in [6.07, 6.45) is 1.54. The molecule has 0 aliphatic heterocycles. The third kappa shape index (κ3) is 2.76. The number of hydrogen-bond acceptors (Lipinski definition) is 3. The molecule has 21 heavy (non-hydrogen) atoms. The molecule has 0 bridgehead atoms. The molecule has 0 aliphatic rings. The van der Waals surface area contributed by atoms with Crippen LogP contribution in [-0.4, -0.2) is 15.7 Å². The molecule has 0 aliphatic carbocycles. The van der Waals surface area contributed by atoms with Crippen molar-refractivity contribution in [2.45, 2.75) is 0 Å². The van der Waals surface area contributed by atoms with Crippen LogP contribution in [0.2, 0.25) is 0 Å². The van der Waals surface area contributed by atoms with Crippen molar-refractivity contribution < 1.29 is 9.53 Å². The molecule has 104 valence electrons. The van der Waals surface area contributed by atoms with Gasteiger partial charge in [0.15, 0.2) is 0 Å². The lowest BCUT2D eigenvalue weighted by Crippen LogP contribution is -2.16. The van der Waals surface area contributed by atoms with E-state index in [1.807, 2.05) is 54.6 Å². The van der Waals surface area contributed by atoms with Gasteiger partial charge in [-0.05, 0) is 42.5 Å². The minimum atomic E-state index is -0.517. The first-order valence-electron chi connectivity index (χ1n) is 6.41. The predicted molar refractivity (Wildman–Crippen MR) is 78.6 cm³/mol. The van der Waals surface area contributed by atoms with Crippen molar-refractivity contribution in [2.75, 3.05) is 0 Å². The number of ether oxygens (including phenoxy) is 1. The van der Waals surface area contributed by atoms with Crippen molar-refractivity contribution in [3.63, 3.8) is 0 Å². The summed E-state index contributed by atoms with van der Waals surface area (Å²) in [6, 6.07) is 18.4. The number of hydrogen-bond donors (Lipinski definition) is 1. The Balaban J connectivity index is 1.84. The van der Waals surface area contributed by atoms with Gasteiger partial charge in [-0.25, -0.2) is 4.68 Å². The summed E-state index contributed by atoms with van der Waals surface area (Å²) in [7, 11) is 0. The minimum absolute atomic E-state index is 0.340. The first-order chi connectivity index (χ1) is 10.2. The van der Waals surface area contributed by atoms with Crippen LogP contribution in [0.15, 0.2) is 66.9 Å². The van der Waals surface area contributed by atoms with Gasteiger partial charge in [0.25, 0.3) is 5.91 Å². The topological polar surface area (TPSA) is 70.1 Å². The molecule has 0 spiro atoms. The van der Waals surface area contributed by atoms with Crippen molar-refractivity contribution in [1.82, 2.24) is 9.78 Å². The maximum Gasteiger partial charge on any atom is 0.267 e. The fourth-order valence-corrected chi connectivity index (χ4v) is 1.98. The first kappa shape index (κ1) is 12.9. The standard InChI is InChI=1S/C16H13N3O2/c17-16(20)15-10-11-18-19(15)12-6-8-14(9-7-12)21-13-4-2-1-3-5-13/h1-11H,(H2,17,20). The van der Waals surface area contributed by atoms with Crippen molar-refractivity contribution >= 4 is 5.91 Å². The third-order valence-electron chi connectivity index (χ3n) is 2.96. The van der Waals surface area contributed by atoms with Crippen LogP contribution in [0.4, 0.5) is 0 Å². The molecule has 2 aromatic carbocycles. The highest BCUT2D eigenvalue weighted by atomic mass is 16.5. The SMILES string of the molecule is NC(=O)c1ccnn1-c1ccc(Oc2ccccc2)cc1.